The van der Waals surface area contributed by atoms with Gasteiger partial charge in [0.25, 0.3) is 5.82 Å². The van der Waals surface area contributed by atoms with E-state index in [1.165, 1.54) is 0 Å². The smallest absolute Gasteiger partial charge is 0.485 e. The first kappa shape index (κ1) is 29.5. The van der Waals surface area contributed by atoms with Gasteiger partial charge >= 0.3 is 5.51 Å². The van der Waals surface area contributed by atoms with Crippen LogP contribution in [-0.2, 0) is 10.1 Å². The van der Waals surface area contributed by atoms with E-state index in [0.717, 1.165) is 44.8 Å². The van der Waals surface area contributed by atoms with Crippen LogP contribution in [-0.4, -0.2) is 38.7 Å². The van der Waals surface area contributed by atoms with E-state index in [2.05, 4.69) is 23.5 Å². The van der Waals surface area contributed by atoms with Crippen molar-refractivity contribution in [2.75, 3.05) is 0 Å². The average Bonchev–Trinajstić information content (AvgIpc) is 3.79. The molecule has 7 rings (SSSR count). The van der Waals surface area contributed by atoms with Crippen molar-refractivity contribution in [3.05, 3.63) is 128 Å². The minimum absolute atomic E-state index is 0.674. The van der Waals surface area contributed by atoms with Crippen LogP contribution in [0.3, 0.4) is 0 Å². The third-order valence-electron chi connectivity index (χ3n) is 6.63. The molecule has 2 aromatic heterocycles. The standard InChI is InChI=1S/C30H21N6O.CHF3O3S/c1-4-12-22(13-5-1)34-21-29(37-33-34)27-20-28(26-19-11-10-18-25(26)27)30-31-36(24-16-8-3-9-17-24)32-35(30)23-14-6-2-7-15-23;2-1(3,4)8(5,6)7/h1-21H;(H,5,6,7)/q+1;/p-1. The fourth-order valence-corrected chi connectivity index (χ4v) is 4.57. The summed E-state index contributed by atoms with van der Waals surface area (Å²) in [7, 11) is -6.09. The second-order valence-electron chi connectivity index (χ2n) is 9.55. The Morgan fingerprint density at radius 2 is 1.36 bits per heavy atom. The molecule has 0 saturated heterocycles. The van der Waals surface area contributed by atoms with Crippen LogP contribution < -0.4 is 9.48 Å². The molecule has 7 aromatic rings. The molecule has 226 valence electrons. The van der Waals surface area contributed by atoms with E-state index in [1.807, 2.05) is 114 Å². The summed E-state index contributed by atoms with van der Waals surface area (Å²) in [4.78, 5) is 1.67. The highest BCUT2D eigenvalue weighted by Crippen LogP contribution is 2.38. The highest BCUT2D eigenvalue weighted by molar-refractivity contribution is 7.86. The van der Waals surface area contributed by atoms with Crippen molar-refractivity contribution in [2.24, 2.45) is 0 Å². The van der Waals surface area contributed by atoms with Crippen molar-refractivity contribution < 1.29 is 40.1 Å². The van der Waals surface area contributed by atoms with Crippen LogP contribution in [0.2, 0.25) is 0 Å². The molecule has 0 atom stereocenters. The number of tetrazole rings is 1. The second-order valence-corrected chi connectivity index (χ2v) is 10.9. The number of fused-ring (bicyclic) bond motifs is 1. The number of benzene rings is 4. The Morgan fingerprint density at radius 3 is 1.98 bits per heavy atom. The van der Waals surface area contributed by atoms with Crippen molar-refractivity contribution in [2.45, 2.75) is 5.51 Å². The van der Waals surface area contributed by atoms with Crippen LogP contribution in [0.5, 0.6) is 0 Å². The van der Waals surface area contributed by atoms with Gasteiger partial charge < -0.3 is 9.08 Å². The Bertz CT molecular complexity index is 2180. The van der Waals surface area contributed by atoms with E-state index in [1.54, 1.807) is 9.48 Å². The number of rotatable bonds is 5. The van der Waals surface area contributed by atoms with Gasteiger partial charge in [-0.25, -0.2) is 8.42 Å². The first-order chi connectivity index (χ1) is 21.6. The quantitative estimate of drug-likeness (QED) is 0.113. The molecule has 0 radical (unpaired) electrons. The summed E-state index contributed by atoms with van der Waals surface area (Å²) in [6.07, 6.45) is 1.91. The Hall–Kier alpha value is -5.60. The fraction of sp³-hybridized carbons (Fsp3) is 0.0323. The zero-order chi connectivity index (χ0) is 31.6. The summed E-state index contributed by atoms with van der Waals surface area (Å²) < 4.78 is 68.3. The van der Waals surface area contributed by atoms with Crippen LogP contribution in [0.15, 0.2) is 132 Å². The van der Waals surface area contributed by atoms with E-state index in [-0.39, 0.29) is 0 Å². The molecule has 0 fully saturated rings. The van der Waals surface area contributed by atoms with Crippen molar-refractivity contribution >= 4 is 20.9 Å². The predicted octanol–water partition coefficient (Wildman–Crippen LogP) is 5.07. The second kappa shape index (κ2) is 11.8. The van der Waals surface area contributed by atoms with Gasteiger partial charge in [0.05, 0.1) is 0 Å². The Morgan fingerprint density at radius 1 is 0.800 bits per heavy atom. The first-order valence-corrected chi connectivity index (χ1v) is 14.7. The molecule has 0 aliphatic rings. The van der Waals surface area contributed by atoms with Crippen LogP contribution >= 0.6 is 0 Å². The average molecular weight is 631 g/mol. The van der Waals surface area contributed by atoms with Crippen molar-refractivity contribution in [3.63, 3.8) is 0 Å². The summed E-state index contributed by atoms with van der Waals surface area (Å²) in [6.45, 7) is 0. The van der Waals surface area contributed by atoms with E-state index in [4.69, 9.17) is 27.8 Å². The summed E-state index contributed by atoms with van der Waals surface area (Å²) in [5.74, 6) is 1.40. The number of alkyl halides is 3. The van der Waals surface area contributed by atoms with Gasteiger partial charge in [0.1, 0.15) is 5.21 Å². The highest BCUT2D eigenvalue weighted by Gasteiger charge is 2.37. The molecule has 2 heterocycles. The number of para-hydroxylation sites is 3. The molecule has 45 heavy (non-hydrogen) atoms. The van der Waals surface area contributed by atoms with Gasteiger partial charge in [-0.2, -0.15) is 13.2 Å². The van der Waals surface area contributed by atoms with Gasteiger partial charge in [-0.1, -0.05) is 70.9 Å². The number of hydrogen-bond acceptors (Lipinski definition) is 7. The van der Waals surface area contributed by atoms with Gasteiger partial charge in [0, 0.05) is 16.9 Å². The molecule has 0 unspecified atom stereocenters. The number of nitrogens with zero attached hydrogens (tertiary/aromatic N) is 6. The molecule has 0 spiro atoms. The van der Waals surface area contributed by atoms with Gasteiger partial charge in [-0.05, 0) is 39.6 Å². The lowest BCUT2D eigenvalue weighted by molar-refractivity contribution is -0.717. The topological polar surface area (TPSA) is 122 Å². The molecule has 14 heteroatoms. The first-order valence-electron chi connectivity index (χ1n) is 13.3. The minimum atomic E-state index is -6.09. The van der Waals surface area contributed by atoms with Gasteiger partial charge in [0.2, 0.25) is 17.2 Å². The lowest BCUT2D eigenvalue weighted by Gasteiger charge is -2.08. The van der Waals surface area contributed by atoms with E-state index in [9.17, 15) is 13.2 Å². The van der Waals surface area contributed by atoms with Crippen LogP contribution in [0.1, 0.15) is 0 Å². The SMILES string of the molecule is O=S(=O)([O-])C(F)(F)F.c1ccc(-n2n[n+](-c3ccccc3)nc2-[c-]2cc(-c3c[n+](-c4ccccc4)no3)c3ccccc32)cc1. The number of aromatic nitrogens is 6. The molecule has 10 nitrogen and oxygen atoms in total. The van der Waals surface area contributed by atoms with Gasteiger partial charge in [-0.15, -0.1) is 35.0 Å². The van der Waals surface area contributed by atoms with Crippen molar-refractivity contribution in [1.29, 1.82) is 0 Å². The molecule has 0 aliphatic heterocycles. The highest BCUT2D eigenvalue weighted by atomic mass is 32.2. The van der Waals surface area contributed by atoms with Crippen LogP contribution in [0.25, 0.3) is 50.5 Å². The Balaban J connectivity index is 0.000000397. The van der Waals surface area contributed by atoms with Crippen LogP contribution in [0, 0.1) is 0 Å². The monoisotopic (exact) mass is 630 g/mol. The predicted molar refractivity (Wildman–Crippen MR) is 154 cm³/mol. The summed E-state index contributed by atoms with van der Waals surface area (Å²) in [6, 6.07) is 40.3. The molecule has 0 amide bonds. The molecule has 0 aliphatic carbocycles. The number of hydrogen-bond donors (Lipinski definition) is 0. The Labute approximate surface area is 253 Å². The lowest BCUT2D eigenvalue weighted by Crippen LogP contribution is -2.36. The largest absolute Gasteiger partial charge is 0.741 e. The van der Waals surface area contributed by atoms with Gasteiger partial charge in [-0.3, -0.25) is 0 Å². The molecule has 5 aromatic carbocycles. The summed E-state index contributed by atoms with van der Waals surface area (Å²) in [5.41, 5.74) is -1.00. The maximum atomic E-state index is 10.7. The molecule has 0 N–H and O–H groups in total. The summed E-state index contributed by atoms with van der Waals surface area (Å²) >= 11 is 0. The minimum Gasteiger partial charge on any atom is -0.741 e. The lowest BCUT2D eigenvalue weighted by atomic mass is 10.1. The summed E-state index contributed by atoms with van der Waals surface area (Å²) in [5, 5.41) is 16.2. The van der Waals surface area contributed by atoms with Crippen LogP contribution in [0.4, 0.5) is 13.2 Å². The van der Waals surface area contributed by atoms with E-state index >= 15 is 0 Å². The maximum Gasteiger partial charge on any atom is 0.485 e. The maximum absolute atomic E-state index is 10.7. The molecule has 0 bridgehead atoms. The zero-order valence-corrected chi connectivity index (χ0v) is 23.8. The third kappa shape index (κ3) is 6.09. The normalized spacial score (nSPS) is 11.7. The van der Waals surface area contributed by atoms with Crippen molar-refractivity contribution in [1.82, 2.24) is 20.3 Å². The Kier molecular flexibility index (Phi) is 7.74. The number of halogens is 3. The van der Waals surface area contributed by atoms with Crippen molar-refractivity contribution in [3.8, 4) is 39.8 Å². The molecular weight excluding hydrogens is 609 g/mol. The molecule has 0 saturated carbocycles. The van der Waals surface area contributed by atoms with E-state index in [0.29, 0.717) is 5.76 Å². The van der Waals surface area contributed by atoms with Gasteiger partial charge in [0.15, 0.2) is 27.3 Å². The fourth-order valence-electron chi connectivity index (χ4n) is 4.57. The zero-order valence-electron chi connectivity index (χ0n) is 23.0. The third-order valence-corrected chi connectivity index (χ3v) is 7.19. The molecular formula is C31H21F3N6O4S. The van der Waals surface area contributed by atoms with E-state index < -0.39 is 15.6 Å².